The second kappa shape index (κ2) is 3.62. The van der Waals surface area contributed by atoms with Crippen LogP contribution in [-0.2, 0) is 23.1 Å². The SMILES string of the molecule is O=S(=O)(O)c1c(O)c(O)cc2c1CCNC2. The molecule has 0 atom stereocenters. The number of phenolic OH excluding ortho intramolecular Hbond substituents is 2. The van der Waals surface area contributed by atoms with Crippen LogP contribution in [0.15, 0.2) is 11.0 Å². The van der Waals surface area contributed by atoms with Crippen LogP contribution in [0.25, 0.3) is 0 Å². The smallest absolute Gasteiger partial charge is 0.298 e. The second-order valence-electron chi connectivity index (χ2n) is 3.61. The van der Waals surface area contributed by atoms with Crippen molar-refractivity contribution in [2.24, 2.45) is 0 Å². The van der Waals surface area contributed by atoms with Gasteiger partial charge in [-0.25, -0.2) is 0 Å². The van der Waals surface area contributed by atoms with E-state index in [-0.39, 0.29) is 0 Å². The topological polar surface area (TPSA) is 107 Å². The third-order valence-electron chi connectivity index (χ3n) is 2.56. The highest BCUT2D eigenvalue weighted by Gasteiger charge is 2.27. The lowest BCUT2D eigenvalue weighted by Crippen LogP contribution is -2.25. The van der Waals surface area contributed by atoms with E-state index in [1.165, 1.54) is 6.07 Å². The van der Waals surface area contributed by atoms with Gasteiger partial charge in [0.15, 0.2) is 11.5 Å². The summed E-state index contributed by atoms with van der Waals surface area (Å²) < 4.78 is 31.3. The fourth-order valence-electron chi connectivity index (χ4n) is 1.87. The molecule has 6 nitrogen and oxygen atoms in total. The van der Waals surface area contributed by atoms with E-state index in [2.05, 4.69) is 5.32 Å². The predicted molar refractivity (Wildman–Crippen MR) is 55.0 cm³/mol. The minimum Gasteiger partial charge on any atom is -0.504 e. The van der Waals surface area contributed by atoms with Crippen LogP contribution in [0.2, 0.25) is 0 Å². The fraction of sp³-hybridized carbons (Fsp3) is 0.333. The minimum absolute atomic E-state index is 0.358. The van der Waals surface area contributed by atoms with E-state index < -0.39 is 26.5 Å². The Labute approximate surface area is 92.3 Å². The highest BCUT2D eigenvalue weighted by molar-refractivity contribution is 7.86. The fourth-order valence-corrected chi connectivity index (χ4v) is 2.77. The molecule has 88 valence electrons. The summed E-state index contributed by atoms with van der Waals surface area (Å²) in [5.41, 5.74) is 0.922. The number of phenols is 2. The van der Waals surface area contributed by atoms with E-state index in [0.717, 1.165) is 0 Å². The first kappa shape index (κ1) is 11.2. The van der Waals surface area contributed by atoms with Crippen molar-refractivity contribution in [1.82, 2.24) is 5.32 Å². The maximum absolute atomic E-state index is 11.1. The number of benzene rings is 1. The van der Waals surface area contributed by atoms with Crippen molar-refractivity contribution in [2.45, 2.75) is 17.9 Å². The maximum Gasteiger partial charge on any atom is 0.298 e. The summed E-state index contributed by atoms with van der Waals surface area (Å²) >= 11 is 0. The van der Waals surface area contributed by atoms with Gasteiger partial charge in [-0.1, -0.05) is 0 Å². The molecule has 7 heteroatoms. The van der Waals surface area contributed by atoms with Gasteiger partial charge in [0, 0.05) is 6.54 Å². The van der Waals surface area contributed by atoms with Gasteiger partial charge >= 0.3 is 0 Å². The number of hydrogen-bond donors (Lipinski definition) is 4. The molecular weight excluding hydrogens is 234 g/mol. The first-order chi connectivity index (χ1) is 7.41. The summed E-state index contributed by atoms with van der Waals surface area (Å²) in [6.07, 6.45) is 0.373. The average molecular weight is 245 g/mol. The molecule has 0 bridgehead atoms. The van der Waals surface area contributed by atoms with Crippen LogP contribution in [0, 0.1) is 0 Å². The van der Waals surface area contributed by atoms with Crippen molar-refractivity contribution in [3.63, 3.8) is 0 Å². The molecule has 1 aromatic rings. The van der Waals surface area contributed by atoms with Crippen LogP contribution in [-0.4, -0.2) is 29.7 Å². The molecule has 0 saturated heterocycles. The van der Waals surface area contributed by atoms with Gasteiger partial charge in [-0.3, -0.25) is 4.55 Å². The summed E-state index contributed by atoms with van der Waals surface area (Å²) in [5.74, 6) is -1.33. The van der Waals surface area contributed by atoms with E-state index in [1.807, 2.05) is 0 Å². The Bertz CT molecular complexity index is 537. The molecule has 0 unspecified atom stereocenters. The van der Waals surface area contributed by atoms with Crippen LogP contribution in [0.3, 0.4) is 0 Å². The Morgan fingerprint density at radius 1 is 1.31 bits per heavy atom. The van der Waals surface area contributed by atoms with Crippen LogP contribution >= 0.6 is 0 Å². The molecule has 1 aliphatic heterocycles. The first-order valence-electron chi connectivity index (χ1n) is 4.66. The average Bonchev–Trinajstić information content (AvgIpc) is 2.17. The Hall–Kier alpha value is -1.31. The summed E-state index contributed by atoms with van der Waals surface area (Å²) in [7, 11) is -4.54. The third kappa shape index (κ3) is 1.73. The Morgan fingerprint density at radius 3 is 2.62 bits per heavy atom. The van der Waals surface area contributed by atoms with Gasteiger partial charge in [0.1, 0.15) is 4.90 Å². The lowest BCUT2D eigenvalue weighted by Gasteiger charge is -2.20. The van der Waals surface area contributed by atoms with Gasteiger partial charge in [0.2, 0.25) is 0 Å². The summed E-state index contributed by atoms with van der Waals surface area (Å²) in [6, 6.07) is 1.30. The first-order valence-corrected chi connectivity index (χ1v) is 6.10. The molecule has 0 fully saturated rings. The molecule has 0 aliphatic carbocycles. The molecule has 1 aromatic carbocycles. The molecule has 1 heterocycles. The maximum atomic E-state index is 11.1. The molecular formula is C9H11NO5S. The van der Waals surface area contributed by atoms with Crippen molar-refractivity contribution in [2.75, 3.05) is 6.54 Å². The number of aromatic hydroxyl groups is 2. The van der Waals surface area contributed by atoms with Gasteiger partial charge in [-0.05, 0) is 30.2 Å². The molecule has 0 spiro atoms. The normalized spacial score (nSPS) is 15.8. The van der Waals surface area contributed by atoms with Gasteiger partial charge in [-0.2, -0.15) is 8.42 Å². The van der Waals surface area contributed by atoms with Crippen LogP contribution in [0.5, 0.6) is 11.5 Å². The zero-order valence-electron chi connectivity index (χ0n) is 8.27. The lowest BCUT2D eigenvalue weighted by molar-refractivity contribution is 0.384. The molecule has 0 amide bonds. The zero-order chi connectivity index (χ0) is 11.9. The van der Waals surface area contributed by atoms with E-state index in [1.54, 1.807) is 0 Å². The Morgan fingerprint density at radius 2 is 2.00 bits per heavy atom. The molecule has 0 radical (unpaired) electrons. The van der Waals surface area contributed by atoms with Gasteiger partial charge in [-0.15, -0.1) is 0 Å². The monoisotopic (exact) mass is 245 g/mol. The van der Waals surface area contributed by atoms with Crippen LogP contribution < -0.4 is 5.32 Å². The zero-order valence-corrected chi connectivity index (χ0v) is 9.08. The Kier molecular flexibility index (Phi) is 2.53. The summed E-state index contributed by atoms with van der Waals surface area (Å²) in [4.78, 5) is -0.580. The van der Waals surface area contributed by atoms with Crippen molar-refractivity contribution in [3.05, 3.63) is 17.2 Å². The van der Waals surface area contributed by atoms with E-state index >= 15 is 0 Å². The van der Waals surface area contributed by atoms with Crippen LogP contribution in [0.1, 0.15) is 11.1 Å². The molecule has 4 N–H and O–H groups in total. The predicted octanol–water partition coefficient (Wildman–Crippen LogP) is -0.00980. The highest BCUT2D eigenvalue weighted by atomic mass is 32.2. The molecule has 1 aliphatic rings. The molecule has 16 heavy (non-hydrogen) atoms. The largest absolute Gasteiger partial charge is 0.504 e. The van der Waals surface area contributed by atoms with Crippen LogP contribution in [0.4, 0.5) is 0 Å². The number of rotatable bonds is 1. The standard InChI is InChI=1S/C9H11NO5S/c11-7-3-5-4-10-2-1-6(5)9(8(7)12)16(13,14)15/h3,10-12H,1-2,4H2,(H,13,14,15). The minimum atomic E-state index is -4.54. The number of nitrogens with one attached hydrogen (secondary N) is 1. The van der Waals surface area contributed by atoms with Gasteiger partial charge in [0.25, 0.3) is 10.1 Å². The number of hydrogen-bond acceptors (Lipinski definition) is 5. The van der Waals surface area contributed by atoms with E-state index in [0.29, 0.717) is 30.6 Å². The lowest BCUT2D eigenvalue weighted by atomic mass is 10.00. The second-order valence-corrected chi connectivity index (χ2v) is 4.97. The van der Waals surface area contributed by atoms with Gasteiger partial charge < -0.3 is 15.5 Å². The highest BCUT2D eigenvalue weighted by Crippen LogP contribution is 2.38. The van der Waals surface area contributed by atoms with E-state index in [4.69, 9.17) is 4.55 Å². The van der Waals surface area contributed by atoms with Crippen molar-refractivity contribution in [1.29, 1.82) is 0 Å². The number of fused-ring (bicyclic) bond motifs is 1. The van der Waals surface area contributed by atoms with Gasteiger partial charge in [0.05, 0.1) is 0 Å². The third-order valence-corrected chi connectivity index (χ3v) is 3.51. The van der Waals surface area contributed by atoms with Crippen molar-refractivity contribution in [3.8, 4) is 11.5 Å². The Balaban J connectivity index is 2.79. The molecule has 0 aromatic heterocycles. The quantitative estimate of drug-likeness (QED) is 0.409. The summed E-state index contributed by atoms with van der Waals surface area (Å²) in [5, 5.41) is 21.8. The summed E-state index contributed by atoms with van der Waals surface area (Å²) in [6.45, 7) is 0.950. The van der Waals surface area contributed by atoms with E-state index in [9.17, 15) is 18.6 Å². The molecule has 2 rings (SSSR count). The van der Waals surface area contributed by atoms with Crippen molar-refractivity contribution < 1.29 is 23.2 Å². The van der Waals surface area contributed by atoms with Crippen molar-refractivity contribution >= 4 is 10.1 Å². The molecule has 0 saturated carbocycles.